The minimum atomic E-state index is -0.186. The summed E-state index contributed by atoms with van der Waals surface area (Å²) in [6.45, 7) is 8.45. The molecular weight excluding hydrogens is 212 g/mol. The van der Waals surface area contributed by atoms with Gasteiger partial charge in [-0.2, -0.15) is 0 Å². The van der Waals surface area contributed by atoms with Crippen LogP contribution in [0.4, 0.5) is 4.79 Å². The quantitative estimate of drug-likeness (QED) is 0.800. The van der Waals surface area contributed by atoms with Crippen molar-refractivity contribution in [3.63, 3.8) is 0 Å². The predicted molar refractivity (Wildman–Crippen MR) is 69.7 cm³/mol. The lowest BCUT2D eigenvalue weighted by Gasteiger charge is -2.33. The minimum Gasteiger partial charge on any atom is -0.327 e. The second-order valence-electron chi connectivity index (χ2n) is 5.33. The molecule has 2 amide bonds. The number of hydrogen-bond donors (Lipinski definition) is 1. The van der Waals surface area contributed by atoms with E-state index < -0.39 is 0 Å². The van der Waals surface area contributed by atoms with Crippen LogP contribution in [0, 0.1) is 0 Å². The standard InChI is InChI=1S/C14H24N2O/c1-4-14(5-2)11(3)16(13(17)15-14)12-9-7-6-8-10-12/h12H,3-10H2,1-2H3,(H,15,17). The molecule has 1 aliphatic carbocycles. The number of nitrogens with zero attached hydrogens (tertiary/aromatic N) is 1. The van der Waals surface area contributed by atoms with E-state index in [1.165, 1.54) is 19.3 Å². The molecular formula is C14H24N2O. The van der Waals surface area contributed by atoms with Gasteiger partial charge in [-0.3, -0.25) is 4.90 Å². The first-order valence-electron chi connectivity index (χ1n) is 6.95. The fraction of sp³-hybridized carbons (Fsp3) is 0.786. The van der Waals surface area contributed by atoms with Crippen molar-refractivity contribution in [2.24, 2.45) is 0 Å². The van der Waals surface area contributed by atoms with Gasteiger partial charge in [-0.05, 0) is 25.7 Å². The van der Waals surface area contributed by atoms with Gasteiger partial charge >= 0.3 is 6.03 Å². The van der Waals surface area contributed by atoms with Crippen LogP contribution in [0.5, 0.6) is 0 Å². The number of carbonyl (C=O) groups is 1. The molecule has 3 heteroatoms. The molecule has 1 saturated heterocycles. The van der Waals surface area contributed by atoms with Crippen molar-refractivity contribution in [3.8, 4) is 0 Å². The Kier molecular flexibility index (Phi) is 3.45. The van der Waals surface area contributed by atoms with Gasteiger partial charge in [0, 0.05) is 11.7 Å². The van der Waals surface area contributed by atoms with Gasteiger partial charge in [-0.15, -0.1) is 0 Å². The fourth-order valence-electron chi connectivity index (χ4n) is 3.25. The Hall–Kier alpha value is -0.990. The maximum absolute atomic E-state index is 12.2. The molecule has 96 valence electrons. The number of rotatable bonds is 3. The molecule has 0 aromatic heterocycles. The van der Waals surface area contributed by atoms with Crippen LogP contribution in [-0.4, -0.2) is 22.5 Å². The van der Waals surface area contributed by atoms with Crippen molar-refractivity contribution in [2.45, 2.75) is 70.4 Å². The van der Waals surface area contributed by atoms with Gasteiger partial charge in [0.1, 0.15) is 0 Å². The largest absolute Gasteiger partial charge is 0.327 e. The molecule has 3 nitrogen and oxygen atoms in total. The normalized spacial score (nSPS) is 25.2. The molecule has 1 saturated carbocycles. The van der Waals surface area contributed by atoms with Gasteiger partial charge in [-0.25, -0.2) is 4.79 Å². The summed E-state index contributed by atoms with van der Waals surface area (Å²) in [5.41, 5.74) is 0.813. The Morgan fingerprint density at radius 2 is 1.88 bits per heavy atom. The number of urea groups is 1. The second-order valence-corrected chi connectivity index (χ2v) is 5.33. The highest BCUT2D eigenvalue weighted by molar-refractivity contribution is 5.82. The summed E-state index contributed by atoms with van der Waals surface area (Å²) in [5.74, 6) is 0. The van der Waals surface area contributed by atoms with Crippen LogP contribution in [-0.2, 0) is 0 Å². The molecule has 0 aromatic carbocycles. The first-order valence-corrected chi connectivity index (χ1v) is 6.95. The first-order chi connectivity index (χ1) is 8.14. The lowest BCUT2D eigenvalue weighted by Crippen LogP contribution is -2.40. The number of nitrogens with one attached hydrogen (secondary N) is 1. The van der Waals surface area contributed by atoms with Crippen LogP contribution >= 0.6 is 0 Å². The van der Waals surface area contributed by atoms with E-state index in [4.69, 9.17) is 0 Å². The van der Waals surface area contributed by atoms with Crippen molar-refractivity contribution in [3.05, 3.63) is 12.3 Å². The molecule has 2 rings (SSSR count). The topological polar surface area (TPSA) is 32.3 Å². The summed E-state index contributed by atoms with van der Waals surface area (Å²) in [6, 6.07) is 0.460. The number of hydrogen-bond acceptors (Lipinski definition) is 1. The molecule has 1 heterocycles. The van der Waals surface area contributed by atoms with Crippen LogP contribution in [0.2, 0.25) is 0 Å². The third kappa shape index (κ3) is 1.96. The first kappa shape index (κ1) is 12.5. The Labute approximate surface area is 104 Å². The highest BCUT2D eigenvalue weighted by Gasteiger charge is 2.46. The van der Waals surface area contributed by atoms with Crippen LogP contribution in [0.3, 0.4) is 0 Å². The van der Waals surface area contributed by atoms with Crippen molar-refractivity contribution in [2.75, 3.05) is 0 Å². The monoisotopic (exact) mass is 236 g/mol. The SMILES string of the molecule is C=C1N(C2CCCCC2)C(=O)NC1(CC)CC. The summed E-state index contributed by atoms with van der Waals surface area (Å²) >= 11 is 0. The number of carbonyl (C=O) groups excluding carboxylic acids is 1. The zero-order valence-electron chi connectivity index (χ0n) is 11.1. The molecule has 0 unspecified atom stereocenters. The molecule has 0 radical (unpaired) electrons. The summed E-state index contributed by atoms with van der Waals surface area (Å²) in [4.78, 5) is 14.1. The summed E-state index contributed by atoms with van der Waals surface area (Å²) in [7, 11) is 0. The number of amides is 2. The minimum absolute atomic E-state index is 0.0746. The van der Waals surface area contributed by atoms with Gasteiger partial charge < -0.3 is 5.32 Å². The van der Waals surface area contributed by atoms with E-state index in [1.54, 1.807) is 0 Å². The van der Waals surface area contributed by atoms with Gasteiger partial charge in [-0.1, -0.05) is 39.7 Å². The molecule has 2 aliphatic rings. The average molecular weight is 236 g/mol. The summed E-state index contributed by atoms with van der Waals surface area (Å²) in [5, 5.41) is 3.15. The summed E-state index contributed by atoms with van der Waals surface area (Å²) < 4.78 is 0. The highest BCUT2D eigenvalue weighted by Crippen LogP contribution is 2.37. The van der Waals surface area contributed by atoms with Gasteiger partial charge in [0.2, 0.25) is 0 Å². The van der Waals surface area contributed by atoms with Gasteiger partial charge in [0.05, 0.1) is 5.54 Å². The smallest absolute Gasteiger partial charge is 0.322 e. The van der Waals surface area contributed by atoms with Gasteiger partial charge in [0.15, 0.2) is 0 Å². The predicted octanol–water partition coefficient (Wildman–Crippen LogP) is 3.42. The van der Waals surface area contributed by atoms with Crippen LogP contribution in [0.1, 0.15) is 58.8 Å². The van der Waals surface area contributed by atoms with E-state index in [2.05, 4.69) is 25.7 Å². The molecule has 2 fully saturated rings. The molecule has 17 heavy (non-hydrogen) atoms. The van der Waals surface area contributed by atoms with Crippen LogP contribution in [0.25, 0.3) is 0 Å². The molecule has 0 aromatic rings. The summed E-state index contributed by atoms with van der Waals surface area (Å²) in [6.07, 6.45) is 7.92. The highest BCUT2D eigenvalue weighted by atomic mass is 16.2. The maximum Gasteiger partial charge on any atom is 0.322 e. The van der Waals surface area contributed by atoms with E-state index in [9.17, 15) is 4.79 Å². The maximum atomic E-state index is 12.2. The van der Waals surface area contributed by atoms with Crippen molar-refractivity contribution >= 4 is 6.03 Å². The zero-order valence-corrected chi connectivity index (χ0v) is 11.1. The van der Waals surface area contributed by atoms with E-state index in [1.807, 2.05) is 4.90 Å². The third-order valence-corrected chi connectivity index (χ3v) is 4.56. The van der Waals surface area contributed by atoms with Gasteiger partial charge in [0.25, 0.3) is 0 Å². The Bertz CT molecular complexity index is 314. The Balaban J connectivity index is 2.18. The van der Waals surface area contributed by atoms with E-state index in [0.29, 0.717) is 6.04 Å². The molecule has 0 spiro atoms. The Morgan fingerprint density at radius 1 is 1.29 bits per heavy atom. The van der Waals surface area contributed by atoms with E-state index in [-0.39, 0.29) is 11.6 Å². The van der Waals surface area contributed by atoms with Crippen molar-refractivity contribution in [1.82, 2.24) is 10.2 Å². The second kappa shape index (κ2) is 4.71. The van der Waals surface area contributed by atoms with Crippen molar-refractivity contribution in [1.29, 1.82) is 0 Å². The van der Waals surface area contributed by atoms with Crippen LogP contribution in [0.15, 0.2) is 12.3 Å². The van der Waals surface area contributed by atoms with E-state index in [0.717, 1.165) is 31.4 Å². The molecule has 1 aliphatic heterocycles. The molecule has 0 atom stereocenters. The molecule has 0 bridgehead atoms. The zero-order chi connectivity index (χ0) is 12.5. The van der Waals surface area contributed by atoms with Crippen LogP contribution < -0.4 is 5.32 Å². The lowest BCUT2D eigenvalue weighted by molar-refractivity contribution is 0.193. The lowest BCUT2D eigenvalue weighted by atomic mass is 9.88. The fourth-order valence-corrected chi connectivity index (χ4v) is 3.25. The third-order valence-electron chi connectivity index (χ3n) is 4.56. The van der Waals surface area contributed by atoms with Crippen molar-refractivity contribution < 1.29 is 4.79 Å². The Morgan fingerprint density at radius 3 is 2.35 bits per heavy atom. The van der Waals surface area contributed by atoms with E-state index >= 15 is 0 Å². The molecule has 1 N–H and O–H groups in total. The average Bonchev–Trinajstić information content (AvgIpc) is 2.62.